The molecular weight excluding hydrogens is 391 g/mol. The molecule has 0 spiro atoms. The summed E-state index contributed by atoms with van der Waals surface area (Å²) in [5, 5.41) is 0. The van der Waals surface area contributed by atoms with Crippen molar-refractivity contribution in [3.63, 3.8) is 0 Å². The Balaban J connectivity index is 1.94. The Kier molecular flexibility index (Phi) is 4.80. The summed E-state index contributed by atoms with van der Waals surface area (Å²) in [5.41, 5.74) is 2.60. The number of rotatable bonds is 4. The number of benzene rings is 3. The monoisotopic (exact) mass is 408 g/mol. The third-order valence-electron chi connectivity index (χ3n) is 4.86. The van der Waals surface area contributed by atoms with Crippen LogP contribution in [0.1, 0.15) is 22.6 Å². The fourth-order valence-corrected chi connectivity index (χ4v) is 4.07. The molecule has 1 atom stereocenters. The zero-order valence-corrected chi connectivity index (χ0v) is 16.3. The van der Waals surface area contributed by atoms with E-state index in [0.29, 0.717) is 28.2 Å². The number of carbonyl (C=O) groups is 1. The lowest BCUT2D eigenvalue weighted by Crippen LogP contribution is -2.15. The number of sulfone groups is 1. The molecule has 4 rings (SSSR count). The lowest BCUT2D eigenvalue weighted by molar-refractivity contribution is -0.108. The molecule has 1 aliphatic rings. The lowest BCUT2D eigenvalue weighted by Gasteiger charge is -2.28. The topological polar surface area (TPSA) is 60.4 Å². The van der Waals surface area contributed by atoms with Gasteiger partial charge in [0.1, 0.15) is 23.6 Å². The predicted molar refractivity (Wildman–Crippen MR) is 109 cm³/mol. The first kappa shape index (κ1) is 19.1. The van der Waals surface area contributed by atoms with E-state index in [1.807, 2.05) is 18.2 Å². The average Bonchev–Trinajstić information content (AvgIpc) is 2.72. The fraction of sp³-hybridized carbons (Fsp3) is 0.0870. The van der Waals surface area contributed by atoms with Crippen molar-refractivity contribution in [3.8, 4) is 5.75 Å². The van der Waals surface area contributed by atoms with E-state index in [0.717, 1.165) is 18.1 Å². The van der Waals surface area contributed by atoms with E-state index < -0.39 is 15.8 Å². The van der Waals surface area contributed by atoms with Gasteiger partial charge in [0.25, 0.3) is 0 Å². The summed E-state index contributed by atoms with van der Waals surface area (Å²) in [7, 11) is -3.34. The number of allylic oxidation sites excluding steroid dienone is 1. The van der Waals surface area contributed by atoms with Crippen LogP contribution in [0.2, 0.25) is 0 Å². The van der Waals surface area contributed by atoms with Crippen LogP contribution in [0, 0.1) is 5.82 Å². The molecule has 1 unspecified atom stereocenters. The standard InChI is InChI=1S/C23H17FO4S/c1-29(26,27)18-12-8-16(9-13-18)23-22(15-6-10-17(24)11-7-15)20(14-25)19-4-2-3-5-21(19)28-23/h2-14,20H,1H3. The minimum atomic E-state index is -3.34. The fourth-order valence-electron chi connectivity index (χ4n) is 3.44. The van der Waals surface area contributed by atoms with E-state index in [2.05, 4.69) is 0 Å². The van der Waals surface area contributed by atoms with Crippen LogP contribution in [-0.2, 0) is 14.6 Å². The van der Waals surface area contributed by atoms with Gasteiger partial charge >= 0.3 is 0 Å². The highest BCUT2D eigenvalue weighted by Crippen LogP contribution is 2.45. The Morgan fingerprint density at radius 1 is 0.897 bits per heavy atom. The van der Waals surface area contributed by atoms with Crippen LogP contribution < -0.4 is 4.74 Å². The third kappa shape index (κ3) is 3.59. The molecule has 146 valence electrons. The van der Waals surface area contributed by atoms with Gasteiger partial charge in [0.2, 0.25) is 0 Å². The number of aldehydes is 1. The van der Waals surface area contributed by atoms with E-state index in [-0.39, 0.29) is 10.7 Å². The van der Waals surface area contributed by atoms with Crippen LogP contribution in [0.5, 0.6) is 5.75 Å². The van der Waals surface area contributed by atoms with Crippen molar-refractivity contribution < 1.29 is 22.3 Å². The highest BCUT2D eigenvalue weighted by Gasteiger charge is 2.31. The number of halogens is 1. The highest BCUT2D eigenvalue weighted by molar-refractivity contribution is 7.90. The number of fused-ring (bicyclic) bond motifs is 1. The molecule has 0 N–H and O–H groups in total. The number of hydrogen-bond donors (Lipinski definition) is 0. The van der Waals surface area contributed by atoms with Crippen LogP contribution in [0.3, 0.4) is 0 Å². The normalized spacial score (nSPS) is 16.1. The molecule has 6 heteroatoms. The SMILES string of the molecule is CS(=O)(=O)c1ccc(C2=C(c3ccc(F)cc3)C(C=O)c3ccccc3O2)cc1. The molecule has 0 fully saturated rings. The second-order valence-corrected chi connectivity index (χ2v) is 8.82. The second kappa shape index (κ2) is 7.29. The molecule has 4 nitrogen and oxygen atoms in total. The van der Waals surface area contributed by atoms with Crippen molar-refractivity contribution in [2.45, 2.75) is 10.8 Å². The van der Waals surface area contributed by atoms with E-state index in [1.165, 1.54) is 24.3 Å². The van der Waals surface area contributed by atoms with E-state index in [4.69, 9.17) is 4.74 Å². The minimum Gasteiger partial charge on any atom is -0.456 e. The van der Waals surface area contributed by atoms with Gasteiger partial charge in [-0.25, -0.2) is 12.8 Å². The molecular formula is C23H17FO4S. The second-order valence-electron chi connectivity index (χ2n) is 6.80. The van der Waals surface area contributed by atoms with Crippen molar-refractivity contribution in [1.82, 2.24) is 0 Å². The maximum absolute atomic E-state index is 13.5. The van der Waals surface area contributed by atoms with Gasteiger partial charge in [-0.05, 0) is 48.0 Å². The third-order valence-corrected chi connectivity index (χ3v) is 5.99. The lowest BCUT2D eigenvalue weighted by atomic mass is 9.83. The summed E-state index contributed by atoms with van der Waals surface area (Å²) < 4.78 is 43.2. The van der Waals surface area contributed by atoms with Gasteiger partial charge in [-0.3, -0.25) is 0 Å². The largest absolute Gasteiger partial charge is 0.456 e. The number of hydrogen-bond acceptors (Lipinski definition) is 4. The molecule has 0 saturated heterocycles. The van der Waals surface area contributed by atoms with Gasteiger partial charge in [0, 0.05) is 23.0 Å². The van der Waals surface area contributed by atoms with Crippen molar-refractivity contribution in [2.75, 3.05) is 6.26 Å². The van der Waals surface area contributed by atoms with Crippen LogP contribution in [-0.4, -0.2) is 21.0 Å². The van der Waals surface area contributed by atoms with Crippen molar-refractivity contribution in [3.05, 3.63) is 95.3 Å². The first-order valence-corrected chi connectivity index (χ1v) is 10.8. The van der Waals surface area contributed by atoms with Gasteiger partial charge in [0.15, 0.2) is 9.84 Å². The molecule has 0 bridgehead atoms. The number of ether oxygens (including phenoxy) is 1. The quantitative estimate of drug-likeness (QED) is 0.598. The first-order chi connectivity index (χ1) is 13.9. The summed E-state index contributed by atoms with van der Waals surface area (Å²) in [6.45, 7) is 0. The first-order valence-electron chi connectivity index (χ1n) is 8.91. The molecule has 0 aromatic heterocycles. The molecule has 0 saturated carbocycles. The minimum absolute atomic E-state index is 0.188. The van der Waals surface area contributed by atoms with Crippen molar-refractivity contribution in [1.29, 1.82) is 0 Å². The van der Waals surface area contributed by atoms with Gasteiger partial charge in [-0.1, -0.05) is 30.3 Å². The van der Waals surface area contributed by atoms with Crippen LogP contribution in [0.25, 0.3) is 11.3 Å². The van der Waals surface area contributed by atoms with Crippen LogP contribution >= 0.6 is 0 Å². The molecule has 1 aliphatic heterocycles. The Hall–Kier alpha value is -3.25. The molecule has 1 heterocycles. The maximum atomic E-state index is 13.5. The summed E-state index contributed by atoms with van der Waals surface area (Å²) in [5.74, 6) is 0.00768. The molecule has 0 radical (unpaired) electrons. The Morgan fingerprint density at radius 2 is 1.52 bits per heavy atom. The van der Waals surface area contributed by atoms with Gasteiger partial charge < -0.3 is 9.53 Å². The zero-order valence-electron chi connectivity index (χ0n) is 15.5. The molecule has 3 aromatic carbocycles. The van der Waals surface area contributed by atoms with E-state index >= 15 is 0 Å². The zero-order chi connectivity index (χ0) is 20.6. The Morgan fingerprint density at radius 3 is 2.14 bits per heavy atom. The van der Waals surface area contributed by atoms with Crippen LogP contribution in [0.4, 0.5) is 4.39 Å². The van der Waals surface area contributed by atoms with E-state index in [1.54, 1.807) is 30.3 Å². The molecule has 0 amide bonds. The average molecular weight is 408 g/mol. The summed E-state index contributed by atoms with van der Waals surface area (Å²) in [6, 6.07) is 19.4. The van der Waals surface area contributed by atoms with Gasteiger partial charge in [0.05, 0.1) is 10.8 Å². The summed E-state index contributed by atoms with van der Waals surface area (Å²) in [4.78, 5) is 12.3. The molecule has 3 aromatic rings. The number of carbonyl (C=O) groups excluding carboxylic acids is 1. The van der Waals surface area contributed by atoms with Crippen molar-refractivity contribution in [2.24, 2.45) is 0 Å². The van der Waals surface area contributed by atoms with E-state index in [9.17, 15) is 17.6 Å². The van der Waals surface area contributed by atoms with Gasteiger partial charge in [-0.15, -0.1) is 0 Å². The molecule has 0 aliphatic carbocycles. The molecule has 29 heavy (non-hydrogen) atoms. The van der Waals surface area contributed by atoms with Crippen LogP contribution in [0.15, 0.2) is 77.7 Å². The maximum Gasteiger partial charge on any atom is 0.175 e. The predicted octanol–water partition coefficient (Wildman–Crippen LogP) is 4.47. The smallest absolute Gasteiger partial charge is 0.175 e. The van der Waals surface area contributed by atoms with Gasteiger partial charge in [-0.2, -0.15) is 0 Å². The number of para-hydroxylation sites is 1. The summed E-state index contributed by atoms with van der Waals surface area (Å²) in [6.07, 6.45) is 1.98. The summed E-state index contributed by atoms with van der Waals surface area (Å²) >= 11 is 0. The Bertz CT molecular complexity index is 1210. The Labute approximate surface area is 168 Å². The van der Waals surface area contributed by atoms with Crippen molar-refractivity contribution >= 4 is 27.5 Å². The highest BCUT2D eigenvalue weighted by atomic mass is 32.2.